The molecule has 1 N–H and O–H groups in total. The first-order valence-corrected chi connectivity index (χ1v) is 6.40. The van der Waals surface area contributed by atoms with Gasteiger partial charge in [0.25, 0.3) is 0 Å². The Morgan fingerprint density at radius 2 is 2.13 bits per heavy atom. The van der Waals surface area contributed by atoms with Gasteiger partial charge in [0, 0.05) is 25.2 Å². The van der Waals surface area contributed by atoms with E-state index in [9.17, 15) is 0 Å². The lowest BCUT2D eigenvalue weighted by Gasteiger charge is -2.34. The predicted molar refractivity (Wildman–Crippen MR) is 65.0 cm³/mol. The normalized spacial score (nSPS) is 26.5. The van der Waals surface area contributed by atoms with Crippen molar-refractivity contribution in [3.05, 3.63) is 12.2 Å². The average Bonchev–Trinajstić information content (AvgIpc) is 3.10. The van der Waals surface area contributed by atoms with Crippen molar-refractivity contribution in [2.75, 3.05) is 19.6 Å². The van der Waals surface area contributed by atoms with Crippen molar-refractivity contribution in [1.82, 2.24) is 10.2 Å². The van der Waals surface area contributed by atoms with E-state index >= 15 is 0 Å². The number of rotatable bonds is 5. The van der Waals surface area contributed by atoms with E-state index in [2.05, 4.69) is 36.2 Å². The lowest BCUT2D eigenvalue weighted by atomic mass is 10.0. The lowest BCUT2D eigenvalue weighted by molar-refractivity contribution is 0.173. The molecule has 2 nitrogen and oxygen atoms in total. The van der Waals surface area contributed by atoms with Crippen LogP contribution in [-0.4, -0.2) is 36.6 Å². The van der Waals surface area contributed by atoms with Crippen molar-refractivity contribution >= 4 is 0 Å². The van der Waals surface area contributed by atoms with Gasteiger partial charge >= 0.3 is 0 Å². The van der Waals surface area contributed by atoms with E-state index in [4.69, 9.17) is 0 Å². The fourth-order valence-electron chi connectivity index (χ4n) is 2.20. The highest BCUT2D eigenvalue weighted by molar-refractivity contribution is 4.93. The van der Waals surface area contributed by atoms with Gasteiger partial charge in [0.2, 0.25) is 0 Å². The van der Waals surface area contributed by atoms with Gasteiger partial charge in [-0.25, -0.2) is 0 Å². The summed E-state index contributed by atoms with van der Waals surface area (Å²) in [6.07, 6.45) is 8.63. The molecule has 2 atom stereocenters. The molecule has 2 heteroatoms. The number of hydrogen-bond acceptors (Lipinski definition) is 2. The first-order valence-electron chi connectivity index (χ1n) is 6.40. The maximum atomic E-state index is 3.63. The molecule has 1 aliphatic heterocycles. The quantitative estimate of drug-likeness (QED) is 0.695. The Labute approximate surface area is 93.7 Å². The van der Waals surface area contributed by atoms with E-state index in [1.807, 2.05) is 0 Å². The molecule has 0 aromatic rings. The monoisotopic (exact) mass is 208 g/mol. The second-order valence-corrected chi connectivity index (χ2v) is 5.16. The lowest BCUT2D eigenvalue weighted by Crippen LogP contribution is -2.43. The minimum Gasteiger partial charge on any atom is -0.314 e. The van der Waals surface area contributed by atoms with E-state index in [1.165, 1.54) is 32.4 Å². The molecule has 86 valence electrons. The van der Waals surface area contributed by atoms with Crippen LogP contribution in [0, 0.1) is 5.92 Å². The van der Waals surface area contributed by atoms with Crippen LogP contribution in [0.1, 0.15) is 33.1 Å². The largest absolute Gasteiger partial charge is 0.314 e. The molecule has 1 fully saturated rings. The third kappa shape index (κ3) is 3.32. The summed E-state index contributed by atoms with van der Waals surface area (Å²) in [6.45, 7) is 8.32. The SMILES string of the molecule is CC(CNC1CC1)C(C)N1CC=CCC1. The standard InChI is InChI=1S/C13H24N2/c1-11(10-14-13-6-7-13)12(2)15-8-4-3-5-9-15/h3-4,11-14H,5-10H2,1-2H3. The Morgan fingerprint density at radius 1 is 1.33 bits per heavy atom. The zero-order chi connectivity index (χ0) is 10.7. The van der Waals surface area contributed by atoms with Crippen molar-refractivity contribution in [1.29, 1.82) is 0 Å². The van der Waals surface area contributed by atoms with Crippen molar-refractivity contribution < 1.29 is 0 Å². The van der Waals surface area contributed by atoms with Gasteiger partial charge in [-0.05, 0) is 38.6 Å². The summed E-state index contributed by atoms with van der Waals surface area (Å²) in [6, 6.07) is 1.56. The van der Waals surface area contributed by atoms with Gasteiger partial charge in [-0.15, -0.1) is 0 Å². The van der Waals surface area contributed by atoms with Crippen LogP contribution >= 0.6 is 0 Å². The van der Waals surface area contributed by atoms with Crippen LogP contribution in [0.15, 0.2) is 12.2 Å². The van der Waals surface area contributed by atoms with Gasteiger partial charge < -0.3 is 5.32 Å². The van der Waals surface area contributed by atoms with Crippen molar-refractivity contribution in [3.8, 4) is 0 Å². The summed E-state index contributed by atoms with van der Waals surface area (Å²) < 4.78 is 0. The smallest absolute Gasteiger partial charge is 0.0166 e. The Hall–Kier alpha value is -0.340. The fourth-order valence-corrected chi connectivity index (χ4v) is 2.20. The van der Waals surface area contributed by atoms with Gasteiger partial charge in [0.15, 0.2) is 0 Å². The summed E-state index contributed by atoms with van der Waals surface area (Å²) in [5.41, 5.74) is 0. The molecule has 0 amide bonds. The Kier molecular flexibility index (Phi) is 3.81. The Bertz CT molecular complexity index is 221. The molecular formula is C13H24N2. The summed E-state index contributed by atoms with van der Waals surface area (Å²) >= 11 is 0. The molecule has 2 aliphatic rings. The van der Waals surface area contributed by atoms with E-state index in [-0.39, 0.29) is 0 Å². The number of nitrogens with one attached hydrogen (secondary N) is 1. The van der Waals surface area contributed by atoms with Crippen LogP contribution in [0.2, 0.25) is 0 Å². The van der Waals surface area contributed by atoms with Crippen LogP contribution < -0.4 is 5.32 Å². The molecule has 1 heterocycles. The average molecular weight is 208 g/mol. The Balaban J connectivity index is 1.72. The van der Waals surface area contributed by atoms with Crippen LogP contribution in [0.5, 0.6) is 0 Å². The highest BCUT2D eigenvalue weighted by Gasteiger charge is 2.24. The van der Waals surface area contributed by atoms with Gasteiger partial charge in [0.05, 0.1) is 0 Å². The minimum atomic E-state index is 0.709. The summed E-state index contributed by atoms with van der Waals surface area (Å²) in [4.78, 5) is 2.60. The van der Waals surface area contributed by atoms with E-state index in [0.717, 1.165) is 18.5 Å². The predicted octanol–water partition coefficient (Wildman–Crippen LogP) is 2.02. The molecule has 0 bridgehead atoms. The van der Waals surface area contributed by atoms with Gasteiger partial charge in [-0.2, -0.15) is 0 Å². The molecule has 2 rings (SSSR count). The molecule has 2 unspecified atom stereocenters. The molecule has 0 spiro atoms. The molecule has 0 aromatic carbocycles. The molecular weight excluding hydrogens is 184 g/mol. The molecule has 1 aliphatic carbocycles. The third-order valence-electron chi connectivity index (χ3n) is 3.79. The fraction of sp³-hybridized carbons (Fsp3) is 0.846. The zero-order valence-corrected chi connectivity index (χ0v) is 10.1. The van der Waals surface area contributed by atoms with Gasteiger partial charge in [0.1, 0.15) is 0 Å². The minimum absolute atomic E-state index is 0.709. The highest BCUT2D eigenvalue weighted by Crippen LogP contribution is 2.20. The van der Waals surface area contributed by atoms with Gasteiger partial charge in [-0.3, -0.25) is 4.90 Å². The first kappa shape index (κ1) is 11.2. The molecule has 0 aromatic heterocycles. The van der Waals surface area contributed by atoms with Crippen molar-refractivity contribution in [2.45, 2.75) is 45.2 Å². The van der Waals surface area contributed by atoms with E-state index in [1.54, 1.807) is 0 Å². The van der Waals surface area contributed by atoms with Crippen molar-refractivity contribution in [3.63, 3.8) is 0 Å². The van der Waals surface area contributed by atoms with Crippen LogP contribution in [0.25, 0.3) is 0 Å². The highest BCUT2D eigenvalue weighted by atomic mass is 15.2. The second-order valence-electron chi connectivity index (χ2n) is 5.16. The van der Waals surface area contributed by atoms with E-state index in [0.29, 0.717) is 6.04 Å². The summed E-state index contributed by atoms with van der Waals surface area (Å²) in [5, 5.41) is 3.63. The van der Waals surface area contributed by atoms with E-state index < -0.39 is 0 Å². The summed E-state index contributed by atoms with van der Waals surface area (Å²) in [5.74, 6) is 0.761. The number of nitrogens with zero attached hydrogens (tertiary/aromatic N) is 1. The van der Waals surface area contributed by atoms with Crippen molar-refractivity contribution in [2.24, 2.45) is 5.92 Å². The van der Waals surface area contributed by atoms with Gasteiger partial charge in [-0.1, -0.05) is 19.1 Å². The third-order valence-corrected chi connectivity index (χ3v) is 3.79. The van der Waals surface area contributed by atoms with Crippen LogP contribution in [0.4, 0.5) is 0 Å². The van der Waals surface area contributed by atoms with Crippen LogP contribution in [-0.2, 0) is 0 Å². The molecule has 0 saturated heterocycles. The maximum Gasteiger partial charge on any atom is 0.0166 e. The maximum absolute atomic E-state index is 3.63. The second kappa shape index (κ2) is 5.13. The summed E-state index contributed by atoms with van der Waals surface area (Å²) in [7, 11) is 0. The van der Waals surface area contributed by atoms with Crippen LogP contribution in [0.3, 0.4) is 0 Å². The molecule has 1 saturated carbocycles. The topological polar surface area (TPSA) is 15.3 Å². The number of hydrogen-bond donors (Lipinski definition) is 1. The zero-order valence-electron chi connectivity index (χ0n) is 10.1. The molecule has 0 radical (unpaired) electrons. The first-order chi connectivity index (χ1) is 7.27. The Morgan fingerprint density at radius 3 is 2.73 bits per heavy atom. The molecule has 15 heavy (non-hydrogen) atoms.